The number of carbonyl (C=O) groups excluding carboxylic acids is 1. The molecular weight excluding hydrogens is 610 g/mol. The highest BCUT2D eigenvalue weighted by molar-refractivity contribution is 7.97. The van der Waals surface area contributed by atoms with Crippen molar-refractivity contribution in [1.82, 2.24) is 29.0 Å². The van der Waals surface area contributed by atoms with Crippen molar-refractivity contribution in [2.24, 2.45) is 11.8 Å². The van der Waals surface area contributed by atoms with Gasteiger partial charge in [-0.15, -0.1) is 0 Å². The molecule has 3 aromatic heterocycles. The van der Waals surface area contributed by atoms with Gasteiger partial charge in [-0.3, -0.25) is 23.6 Å². The van der Waals surface area contributed by atoms with Gasteiger partial charge in [-0.05, 0) is 68.4 Å². The summed E-state index contributed by atoms with van der Waals surface area (Å²) in [6.45, 7) is 5.42. The Bertz CT molecular complexity index is 1880. The lowest BCUT2D eigenvalue weighted by molar-refractivity contribution is 0.0980. The zero-order chi connectivity index (χ0) is 31.8. The number of nitrogens with one attached hydrogen (secondary N) is 2. The maximum absolute atomic E-state index is 14.1. The maximum Gasteiger partial charge on any atom is 0.281 e. The molecule has 2 aliphatic carbocycles. The van der Waals surface area contributed by atoms with Gasteiger partial charge in [0.05, 0.1) is 33.8 Å². The van der Waals surface area contributed by atoms with Crippen molar-refractivity contribution in [1.29, 1.82) is 0 Å². The molecule has 4 radical (unpaired) electrons. The normalized spacial score (nSPS) is 21.5. The van der Waals surface area contributed by atoms with E-state index in [1.165, 1.54) is 16.6 Å². The second-order valence-corrected chi connectivity index (χ2v) is 13.3. The van der Waals surface area contributed by atoms with E-state index in [4.69, 9.17) is 32.3 Å². The number of pyridine rings is 1. The molecule has 1 aliphatic heterocycles. The van der Waals surface area contributed by atoms with E-state index < -0.39 is 5.52 Å². The van der Waals surface area contributed by atoms with Crippen LogP contribution >= 0.6 is 23.5 Å². The van der Waals surface area contributed by atoms with E-state index in [0.717, 1.165) is 42.8 Å². The van der Waals surface area contributed by atoms with E-state index in [-0.39, 0.29) is 40.3 Å². The Morgan fingerprint density at radius 3 is 2.56 bits per heavy atom. The fourth-order valence-corrected chi connectivity index (χ4v) is 7.13. The van der Waals surface area contributed by atoms with Gasteiger partial charge in [0.2, 0.25) is 5.95 Å². The number of piperidine rings is 1. The molecule has 228 valence electrons. The van der Waals surface area contributed by atoms with Gasteiger partial charge in [-0.1, -0.05) is 29.6 Å². The van der Waals surface area contributed by atoms with Crippen LogP contribution in [-0.4, -0.2) is 70.4 Å². The first-order chi connectivity index (χ1) is 21.4. The fourth-order valence-electron chi connectivity index (χ4n) is 6.70. The minimum Gasteiger partial charge on any atom is -0.388 e. The minimum absolute atomic E-state index is 0.0381. The summed E-state index contributed by atoms with van der Waals surface area (Å²) in [5.74, 6) is 1.26. The quantitative estimate of drug-likeness (QED) is 0.144. The lowest BCUT2D eigenvalue weighted by Crippen LogP contribution is -2.35. The number of nitrogens with zero attached hydrogens (tertiary/aromatic N) is 6. The van der Waals surface area contributed by atoms with E-state index >= 15 is 0 Å². The van der Waals surface area contributed by atoms with E-state index in [0.29, 0.717) is 34.4 Å². The Kier molecular flexibility index (Phi) is 7.44. The molecule has 1 saturated heterocycles. The number of aliphatic hydroxyl groups is 1. The predicted molar refractivity (Wildman–Crippen MR) is 177 cm³/mol. The zero-order valence-corrected chi connectivity index (χ0v) is 26.6. The van der Waals surface area contributed by atoms with E-state index in [1.54, 1.807) is 24.6 Å². The summed E-state index contributed by atoms with van der Waals surface area (Å²) in [5, 5.41) is 18.5. The molecule has 4 aromatic rings. The van der Waals surface area contributed by atoms with Crippen LogP contribution in [0.4, 0.5) is 11.6 Å². The highest BCUT2D eigenvalue weighted by Crippen LogP contribution is 2.58. The van der Waals surface area contributed by atoms with Crippen LogP contribution in [0.25, 0.3) is 10.9 Å². The number of halogens is 1. The van der Waals surface area contributed by atoms with Gasteiger partial charge in [0, 0.05) is 43.1 Å². The van der Waals surface area contributed by atoms with Crippen molar-refractivity contribution in [3.05, 3.63) is 74.6 Å². The monoisotopic (exact) mass is 640 g/mol. The molecule has 1 aromatic carbocycles. The molecule has 45 heavy (non-hydrogen) atoms. The number of benzene rings is 1. The third-order valence-corrected chi connectivity index (χ3v) is 9.58. The topological polar surface area (TPSA) is 130 Å². The molecule has 1 amide bonds. The van der Waals surface area contributed by atoms with Crippen molar-refractivity contribution >= 4 is 67.7 Å². The largest absolute Gasteiger partial charge is 0.388 e. The Labute approximate surface area is 272 Å². The summed E-state index contributed by atoms with van der Waals surface area (Å²) < 4.78 is 5.76. The number of aryl methyl sites for hydroxylation is 1. The maximum atomic E-state index is 14.1. The van der Waals surface area contributed by atoms with Crippen molar-refractivity contribution in [3.8, 4) is 0 Å². The molecule has 3 aliphatic rings. The van der Waals surface area contributed by atoms with Crippen LogP contribution in [0, 0.1) is 18.8 Å². The Hall–Kier alpha value is -3.48. The standard InChI is InChI=1S/C30H31B2ClN8O3S/c1-14-10-17(15(2)34-22-6-7-23(33)35-26(22)27(42)38-45-3)25-18(11-14)28(43)41(16-4-5-16)29(36-25)39-12-19-20(13-39)24(19)21-8-9-40(37-21)30(31,32)44/h6-11,15-16,19-20,24,34,44H,4-5,12-13H2,1-3H3,(H,38,42). The number of aromatic nitrogens is 5. The number of hydrogen-bond donors (Lipinski definition) is 3. The highest BCUT2D eigenvalue weighted by atomic mass is 35.5. The summed E-state index contributed by atoms with van der Waals surface area (Å²) in [7, 11) is 11.2. The van der Waals surface area contributed by atoms with Gasteiger partial charge in [-0.2, -0.15) is 5.10 Å². The molecule has 0 bridgehead atoms. The number of hydrogen-bond acceptors (Lipinski definition) is 9. The molecule has 3 atom stereocenters. The summed E-state index contributed by atoms with van der Waals surface area (Å²) in [4.78, 5) is 38.6. The number of carbonyl (C=O) groups is 1. The Morgan fingerprint density at radius 2 is 1.91 bits per heavy atom. The van der Waals surface area contributed by atoms with E-state index in [1.807, 2.05) is 36.6 Å². The average molecular weight is 641 g/mol. The van der Waals surface area contributed by atoms with Crippen LogP contribution in [-0.2, 0) is 5.52 Å². The molecule has 15 heteroatoms. The van der Waals surface area contributed by atoms with Gasteiger partial charge in [-0.25, -0.2) is 9.97 Å². The third-order valence-electron chi connectivity index (χ3n) is 8.98. The van der Waals surface area contributed by atoms with Crippen LogP contribution < -0.4 is 20.5 Å². The van der Waals surface area contributed by atoms with Crippen molar-refractivity contribution in [2.45, 2.75) is 50.2 Å². The molecule has 2 saturated carbocycles. The summed E-state index contributed by atoms with van der Waals surface area (Å²) in [5.41, 5.74) is 1.91. The molecule has 3 unspecified atom stereocenters. The SMILES string of the molecule is [B]C([B])(O)n1ccc(C2C3CN(c4nc5c(C(C)Nc6ccc(Cl)nc6C(=O)NSC)cc(C)cc5c(=O)n4C4CC4)CC32)n1. The number of anilines is 2. The van der Waals surface area contributed by atoms with Crippen LogP contribution in [0.2, 0.25) is 5.15 Å². The summed E-state index contributed by atoms with van der Waals surface area (Å²) in [6, 6.07) is 8.98. The molecule has 3 N–H and O–H groups in total. The van der Waals surface area contributed by atoms with Gasteiger partial charge < -0.3 is 15.3 Å². The van der Waals surface area contributed by atoms with Gasteiger partial charge in [0.15, 0.2) is 5.69 Å². The average Bonchev–Trinajstić information content (AvgIpc) is 3.83. The predicted octanol–water partition coefficient (Wildman–Crippen LogP) is 3.21. The van der Waals surface area contributed by atoms with E-state index in [9.17, 15) is 14.7 Å². The molecular formula is C30H31B2ClN8O3S. The second-order valence-electron chi connectivity index (χ2n) is 12.3. The number of amides is 1. The van der Waals surface area contributed by atoms with Gasteiger partial charge in [0.1, 0.15) is 20.8 Å². The van der Waals surface area contributed by atoms with Crippen LogP contribution in [0.15, 0.2) is 41.3 Å². The molecule has 0 spiro atoms. The molecule has 11 nitrogen and oxygen atoms in total. The first-order valence-corrected chi connectivity index (χ1v) is 16.5. The van der Waals surface area contributed by atoms with Crippen LogP contribution in [0.1, 0.15) is 65.1 Å². The van der Waals surface area contributed by atoms with Crippen molar-refractivity contribution < 1.29 is 9.90 Å². The van der Waals surface area contributed by atoms with Crippen LogP contribution in [0.3, 0.4) is 0 Å². The molecule has 3 fully saturated rings. The Morgan fingerprint density at radius 1 is 1.18 bits per heavy atom. The van der Waals surface area contributed by atoms with Crippen LogP contribution in [0.5, 0.6) is 0 Å². The lowest BCUT2D eigenvalue weighted by Gasteiger charge is -2.26. The zero-order valence-electron chi connectivity index (χ0n) is 25.1. The lowest BCUT2D eigenvalue weighted by atomic mass is 9.73. The molecule has 4 heterocycles. The number of fused-ring (bicyclic) bond motifs is 2. The first kappa shape index (κ1) is 30.2. The third kappa shape index (κ3) is 5.50. The summed E-state index contributed by atoms with van der Waals surface area (Å²) >= 11 is 7.31. The summed E-state index contributed by atoms with van der Waals surface area (Å²) in [6.07, 6.45) is 5.24. The van der Waals surface area contributed by atoms with Gasteiger partial charge >= 0.3 is 0 Å². The van der Waals surface area contributed by atoms with Crippen molar-refractivity contribution in [3.63, 3.8) is 0 Å². The minimum atomic E-state index is -2.04. The van der Waals surface area contributed by atoms with Gasteiger partial charge in [0.25, 0.3) is 11.5 Å². The Balaban J connectivity index is 1.22. The van der Waals surface area contributed by atoms with Crippen molar-refractivity contribution in [2.75, 3.05) is 29.6 Å². The number of rotatable bonds is 9. The second kappa shape index (κ2) is 11.1. The molecule has 7 rings (SSSR count). The van der Waals surface area contributed by atoms with E-state index in [2.05, 4.69) is 25.0 Å². The fraction of sp³-hybridized carbons (Fsp3) is 0.433. The first-order valence-electron chi connectivity index (χ1n) is 14.9. The smallest absolute Gasteiger partial charge is 0.281 e. The highest BCUT2D eigenvalue weighted by Gasteiger charge is 2.58.